The van der Waals surface area contributed by atoms with Crippen LogP contribution in [-0.2, 0) is 10.0 Å². The maximum Gasteiger partial charge on any atom is 0.264 e. The van der Waals surface area contributed by atoms with Gasteiger partial charge in [0.15, 0.2) is 0 Å². The van der Waals surface area contributed by atoms with Crippen LogP contribution in [0, 0.1) is 6.92 Å². The quantitative estimate of drug-likeness (QED) is 0.661. The minimum Gasteiger partial charge on any atom is -0.346 e. The van der Waals surface area contributed by atoms with E-state index >= 15 is 0 Å². The van der Waals surface area contributed by atoms with Gasteiger partial charge in [0.25, 0.3) is 15.9 Å². The van der Waals surface area contributed by atoms with E-state index < -0.39 is 10.0 Å². The molecule has 0 bridgehead atoms. The summed E-state index contributed by atoms with van der Waals surface area (Å²) in [5.41, 5.74) is 2.81. The first-order chi connectivity index (χ1) is 13.8. The zero-order valence-electron chi connectivity index (χ0n) is 16.7. The van der Waals surface area contributed by atoms with Crippen LogP contribution in [0.4, 0.5) is 5.69 Å². The Labute approximate surface area is 172 Å². The molecule has 1 unspecified atom stereocenters. The Morgan fingerprint density at radius 2 is 1.62 bits per heavy atom. The van der Waals surface area contributed by atoms with Crippen LogP contribution in [0.3, 0.4) is 0 Å². The van der Waals surface area contributed by atoms with E-state index in [1.54, 1.807) is 24.3 Å². The van der Waals surface area contributed by atoms with E-state index in [2.05, 4.69) is 5.32 Å². The lowest BCUT2D eigenvalue weighted by atomic mass is 10.1. The monoisotopic (exact) mass is 408 g/mol. The molecule has 1 atom stereocenters. The third-order valence-electron chi connectivity index (χ3n) is 4.77. The Bertz CT molecular complexity index is 1110. The molecule has 1 amide bonds. The highest BCUT2D eigenvalue weighted by Gasteiger charge is 2.23. The van der Waals surface area contributed by atoms with Gasteiger partial charge in [0.05, 0.1) is 16.6 Å². The molecule has 6 heteroatoms. The van der Waals surface area contributed by atoms with E-state index in [1.807, 2.05) is 56.3 Å². The van der Waals surface area contributed by atoms with Gasteiger partial charge in [0, 0.05) is 12.6 Å². The summed E-state index contributed by atoms with van der Waals surface area (Å²) in [6.07, 6.45) is 0. The Kier molecular flexibility index (Phi) is 6.03. The second-order valence-electron chi connectivity index (χ2n) is 6.95. The molecule has 3 rings (SSSR count). The van der Waals surface area contributed by atoms with Crippen LogP contribution in [0.1, 0.15) is 34.5 Å². The first-order valence-corrected chi connectivity index (χ1v) is 10.7. The van der Waals surface area contributed by atoms with Gasteiger partial charge in [-0.25, -0.2) is 8.42 Å². The number of nitrogens with one attached hydrogen (secondary N) is 1. The van der Waals surface area contributed by atoms with Gasteiger partial charge in [-0.15, -0.1) is 0 Å². The largest absolute Gasteiger partial charge is 0.346 e. The lowest BCUT2D eigenvalue weighted by Crippen LogP contribution is -2.28. The Hall–Kier alpha value is -3.12. The van der Waals surface area contributed by atoms with E-state index in [9.17, 15) is 13.2 Å². The number of benzene rings is 3. The molecular weight excluding hydrogens is 384 g/mol. The molecule has 0 spiro atoms. The van der Waals surface area contributed by atoms with E-state index in [-0.39, 0.29) is 16.8 Å². The number of sulfonamides is 1. The summed E-state index contributed by atoms with van der Waals surface area (Å²) in [7, 11) is -2.28. The Balaban J connectivity index is 1.83. The minimum atomic E-state index is -3.79. The first kappa shape index (κ1) is 20.6. The number of nitrogens with zero attached hydrogens (tertiary/aromatic N) is 1. The van der Waals surface area contributed by atoms with Gasteiger partial charge in [-0.3, -0.25) is 9.10 Å². The van der Waals surface area contributed by atoms with Crippen molar-refractivity contribution in [1.82, 2.24) is 5.32 Å². The van der Waals surface area contributed by atoms with Crippen molar-refractivity contribution in [3.8, 4) is 0 Å². The molecule has 3 aromatic rings. The summed E-state index contributed by atoms with van der Waals surface area (Å²) < 4.78 is 27.3. The summed E-state index contributed by atoms with van der Waals surface area (Å²) in [4.78, 5) is 12.7. The number of rotatable bonds is 6. The number of carbonyl (C=O) groups excluding carboxylic acids is 1. The van der Waals surface area contributed by atoms with Crippen molar-refractivity contribution in [2.24, 2.45) is 0 Å². The molecule has 0 saturated heterocycles. The summed E-state index contributed by atoms with van der Waals surface area (Å²) >= 11 is 0. The van der Waals surface area contributed by atoms with Crippen molar-refractivity contribution < 1.29 is 13.2 Å². The van der Waals surface area contributed by atoms with Crippen LogP contribution in [0.25, 0.3) is 0 Å². The van der Waals surface area contributed by atoms with Gasteiger partial charge < -0.3 is 5.32 Å². The third kappa shape index (κ3) is 4.66. The van der Waals surface area contributed by atoms with Gasteiger partial charge >= 0.3 is 0 Å². The van der Waals surface area contributed by atoms with Gasteiger partial charge in [0.1, 0.15) is 0 Å². The lowest BCUT2D eigenvalue weighted by molar-refractivity contribution is 0.0939. The molecule has 0 heterocycles. The second kappa shape index (κ2) is 8.49. The van der Waals surface area contributed by atoms with Crippen molar-refractivity contribution in [2.75, 3.05) is 11.4 Å². The highest BCUT2D eigenvalue weighted by Crippen LogP contribution is 2.23. The van der Waals surface area contributed by atoms with Crippen LogP contribution < -0.4 is 9.62 Å². The predicted molar refractivity (Wildman–Crippen MR) is 116 cm³/mol. The molecule has 0 aliphatic carbocycles. The average molecular weight is 409 g/mol. The maximum absolute atomic E-state index is 13.1. The van der Waals surface area contributed by atoms with Crippen LogP contribution in [0.2, 0.25) is 0 Å². The minimum absolute atomic E-state index is 0.0709. The van der Waals surface area contributed by atoms with Gasteiger partial charge in [-0.1, -0.05) is 48.5 Å². The normalized spacial score (nSPS) is 12.2. The summed E-state index contributed by atoms with van der Waals surface area (Å²) in [6.45, 7) is 3.79. The second-order valence-corrected chi connectivity index (χ2v) is 8.91. The van der Waals surface area contributed by atoms with Gasteiger partial charge in [-0.2, -0.15) is 0 Å². The molecule has 0 aliphatic rings. The third-order valence-corrected chi connectivity index (χ3v) is 6.55. The number of anilines is 1. The lowest BCUT2D eigenvalue weighted by Gasteiger charge is -2.20. The van der Waals surface area contributed by atoms with Gasteiger partial charge in [0.2, 0.25) is 0 Å². The predicted octanol–water partition coefficient (Wildman–Crippen LogP) is 4.31. The van der Waals surface area contributed by atoms with Crippen molar-refractivity contribution in [1.29, 1.82) is 0 Å². The number of amides is 1. The van der Waals surface area contributed by atoms with Crippen LogP contribution in [-0.4, -0.2) is 21.4 Å². The van der Waals surface area contributed by atoms with Gasteiger partial charge in [-0.05, 0) is 55.3 Å². The topological polar surface area (TPSA) is 66.5 Å². The molecule has 150 valence electrons. The molecule has 1 N–H and O–H groups in total. The zero-order valence-corrected chi connectivity index (χ0v) is 17.5. The highest BCUT2D eigenvalue weighted by molar-refractivity contribution is 7.92. The number of aryl methyl sites for hydroxylation is 1. The number of carbonyl (C=O) groups is 1. The standard InChI is InChI=1S/C23H24N2O3S/c1-17-9-7-13-21(15-17)25(3)29(27,28)22-14-8-12-20(16-22)23(26)24-18(2)19-10-5-4-6-11-19/h4-16,18H,1-3H3,(H,24,26). The molecule has 29 heavy (non-hydrogen) atoms. The molecule has 0 aliphatic heterocycles. The first-order valence-electron chi connectivity index (χ1n) is 9.30. The van der Waals surface area contributed by atoms with Crippen LogP contribution in [0.15, 0.2) is 83.8 Å². The fourth-order valence-corrected chi connectivity index (χ4v) is 4.26. The molecule has 0 radical (unpaired) electrons. The Morgan fingerprint density at radius 3 is 2.31 bits per heavy atom. The van der Waals surface area contributed by atoms with Crippen molar-refractivity contribution in [3.05, 3.63) is 95.6 Å². The summed E-state index contributed by atoms with van der Waals surface area (Å²) in [5, 5.41) is 2.91. The van der Waals surface area contributed by atoms with Crippen molar-refractivity contribution in [3.63, 3.8) is 0 Å². The fraction of sp³-hybridized carbons (Fsp3) is 0.174. The van der Waals surface area contributed by atoms with E-state index in [4.69, 9.17) is 0 Å². The Morgan fingerprint density at radius 1 is 0.931 bits per heavy atom. The average Bonchev–Trinajstić information content (AvgIpc) is 2.73. The SMILES string of the molecule is Cc1cccc(N(C)S(=O)(=O)c2cccc(C(=O)NC(C)c3ccccc3)c2)c1. The summed E-state index contributed by atoms with van der Waals surface area (Å²) in [6, 6.07) is 22.8. The van der Waals surface area contributed by atoms with E-state index in [0.717, 1.165) is 11.1 Å². The highest BCUT2D eigenvalue weighted by atomic mass is 32.2. The molecular formula is C23H24N2O3S. The fourth-order valence-electron chi connectivity index (χ4n) is 3.02. The van der Waals surface area contributed by atoms with Crippen molar-refractivity contribution >= 4 is 21.6 Å². The van der Waals surface area contributed by atoms with Crippen LogP contribution >= 0.6 is 0 Å². The number of hydrogen-bond acceptors (Lipinski definition) is 3. The maximum atomic E-state index is 13.1. The smallest absolute Gasteiger partial charge is 0.264 e. The van der Waals surface area contributed by atoms with Crippen molar-refractivity contribution in [2.45, 2.75) is 24.8 Å². The molecule has 0 saturated carbocycles. The van der Waals surface area contributed by atoms with E-state index in [0.29, 0.717) is 11.3 Å². The molecule has 5 nitrogen and oxygen atoms in total. The van der Waals surface area contributed by atoms with Crippen LogP contribution in [0.5, 0.6) is 0 Å². The molecule has 0 aromatic heterocycles. The molecule has 3 aromatic carbocycles. The zero-order chi connectivity index (χ0) is 21.0. The number of hydrogen-bond donors (Lipinski definition) is 1. The van der Waals surface area contributed by atoms with E-state index in [1.165, 1.54) is 23.5 Å². The molecule has 0 fully saturated rings. The summed E-state index contributed by atoms with van der Waals surface area (Å²) in [5.74, 6) is -0.323.